The second kappa shape index (κ2) is 7.11. The van der Waals surface area contributed by atoms with E-state index >= 15 is 0 Å². The Morgan fingerprint density at radius 3 is 2.36 bits per heavy atom. The van der Waals surface area contributed by atoms with Gasteiger partial charge in [0, 0.05) is 23.2 Å². The van der Waals surface area contributed by atoms with Gasteiger partial charge in [0.25, 0.3) is 0 Å². The van der Waals surface area contributed by atoms with E-state index in [1.54, 1.807) is 0 Å². The molecule has 25 heavy (non-hydrogen) atoms. The number of hydrogen-bond acceptors (Lipinski definition) is 7. The van der Waals surface area contributed by atoms with Gasteiger partial charge in [-0.3, -0.25) is 10.1 Å². The maximum atomic E-state index is 11.6. The molecule has 0 aliphatic carbocycles. The summed E-state index contributed by atoms with van der Waals surface area (Å²) in [5.74, 6) is 0.550. The Morgan fingerprint density at radius 1 is 1.28 bits per heavy atom. The highest BCUT2D eigenvalue weighted by molar-refractivity contribution is 5.69. The van der Waals surface area contributed by atoms with Gasteiger partial charge in [-0.2, -0.15) is 0 Å². The molecule has 0 saturated carbocycles. The Morgan fingerprint density at radius 2 is 1.84 bits per heavy atom. The molecule has 1 atom stereocenters. The van der Waals surface area contributed by atoms with Crippen LogP contribution in [0.2, 0.25) is 0 Å². The van der Waals surface area contributed by atoms with Gasteiger partial charge in [-0.05, 0) is 53.9 Å². The van der Waals surface area contributed by atoms with Crippen LogP contribution in [0.5, 0.6) is 0 Å². The van der Waals surface area contributed by atoms with Crippen molar-refractivity contribution in [3.05, 3.63) is 16.4 Å². The summed E-state index contributed by atoms with van der Waals surface area (Å²) in [6, 6.07) is 0.189. The Hall–Kier alpha value is -1.96. The molecule has 8 nitrogen and oxygen atoms in total. The van der Waals surface area contributed by atoms with Crippen LogP contribution in [0.3, 0.4) is 0 Å². The number of nitrogens with zero attached hydrogens (tertiary/aromatic N) is 3. The van der Waals surface area contributed by atoms with E-state index in [2.05, 4.69) is 53.6 Å². The van der Waals surface area contributed by atoms with Crippen LogP contribution >= 0.6 is 0 Å². The van der Waals surface area contributed by atoms with Crippen molar-refractivity contribution in [2.24, 2.45) is 0 Å². The Bertz CT molecular complexity index is 616. The first-order valence-electron chi connectivity index (χ1n) is 8.85. The van der Waals surface area contributed by atoms with Crippen molar-refractivity contribution < 1.29 is 4.92 Å². The summed E-state index contributed by atoms with van der Waals surface area (Å²) in [5, 5.41) is 21.7. The van der Waals surface area contributed by atoms with Crippen molar-refractivity contribution in [1.29, 1.82) is 0 Å². The quantitative estimate of drug-likeness (QED) is 0.534. The van der Waals surface area contributed by atoms with Crippen LogP contribution in [-0.4, -0.2) is 38.1 Å². The first kappa shape index (κ1) is 19.4. The van der Waals surface area contributed by atoms with Gasteiger partial charge < -0.3 is 16.0 Å². The van der Waals surface area contributed by atoms with Crippen molar-refractivity contribution in [2.45, 2.75) is 84.0 Å². The van der Waals surface area contributed by atoms with E-state index in [9.17, 15) is 10.1 Å². The minimum absolute atomic E-state index is 0.0565. The highest BCUT2D eigenvalue weighted by Crippen LogP contribution is 2.34. The van der Waals surface area contributed by atoms with Gasteiger partial charge in [-0.25, -0.2) is 9.97 Å². The van der Waals surface area contributed by atoms with E-state index < -0.39 is 4.92 Å². The Kier molecular flexibility index (Phi) is 5.51. The van der Waals surface area contributed by atoms with Gasteiger partial charge in [0.05, 0.1) is 4.92 Å². The van der Waals surface area contributed by atoms with Gasteiger partial charge in [0.1, 0.15) is 6.33 Å². The average Bonchev–Trinajstić information content (AvgIpc) is 2.43. The highest BCUT2D eigenvalue weighted by atomic mass is 16.6. The summed E-state index contributed by atoms with van der Waals surface area (Å²) in [4.78, 5) is 19.5. The summed E-state index contributed by atoms with van der Waals surface area (Å²) in [6.45, 7) is 12.6. The lowest BCUT2D eigenvalue weighted by Gasteiger charge is -2.46. The predicted octanol–water partition coefficient (Wildman–Crippen LogP) is 3.32. The second-order valence-corrected chi connectivity index (χ2v) is 8.27. The number of rotatable bonds is 6. The Labute approximate surface area is 149 Å². The number of hydrogen-bond donors (Lipinski definition) is 3. The lowest BCUT2D eigenvalue weighted by atomic mass is 9.79. The molecule has 8 heteroatoms. The fourth-order valence-electron chi connectivity index (χ4n) is 3.72. The fraction of sp³-hybridized carbons (Fsp3) is 0.765. The molecule has 2 heterocycles. The van der Waals surface area contributed by atoms with Crippen LogP contribution in [-0.2, 0) is 0 Å². The number of anilines is 2. The van der Waals surface area contributed by atoms with Crippen LogP contribution in [0, 0.1) is 10.1 Å². The molecule has 1 aliphatic rings. The van der Waals surface area contributed by atoms with Crippen molar-refractivity contribution in [3.8, 4) is 0 Å². The van der Waals surface area contributed by atoms with Gasteiger partial charge in [-0.15, -0.1) is 0 Å². The summed E-state index contributed by atoms with van der Waals surface area (Å²) in [5.41, 5.74) is -0.199. The van der Waals surface area contributed by atoms with Crippen LogP contribution in [0.1, 0.15) is 60.8 Å². The number of aromatic nitrogens is 2. The molecule has 1 fully saturated rings. The van der Waals surface area contributed by atoms with E-state index in [0.29, 0.717) is 0 Å². The number of piperidine rings is 1. The normalized spacial score (nSPS) is 20.7. The van der Waals surface area contributed by atoms with Crippen molar-refractivity contribution >= 4 is 17.3 Å². The first-order chi connectivity index (χ1) is 11.5. The third-order valence-electron chi connectivity index (χ3n) is 4.53. The monoisotopic (exact) mass is 350 g/mol. The second-order valence-electron chi connectivity index (χ2n) is 8.27. The zero-order valence-corrected chi connectivity index (χ0v) is 16.0. The molecule has 0 bridgehead atoms. The van der Waals surface area contributed by atoms with Crippen molar-refractivity contribution in [3.63, 3.8) is 0 Å². The maximum absolute atomic E-state index is 11.6. The lowest BCUT2D eigenvalue weighted by Crippen LogP contribution is -2.60. The largest absolute Gasteiger partial charge is 0.362 e. The molecule has 1 unspecified atom stereocenters. The molecule has 140 valence electrons. The van der Waals surface area contributed by atoms with Crippen LogP contribution in [0.4, 0.5) is 17.3 Å². The van der Waals surface area contributed by atoms with Crippen LogP contribution in [0.15, 0.2) is 6.33 Å². The fourth-order valence-corrected chi connectivity index (χ4v) is 3.72. The molecular weight excluding hydrogens is 320 g/mol. The highest BCUT2D eigenvalue weighted by Gasteiger charge is 2.38. The SMILES string of the molecule is CCC(C)Nc1ncnc(NC2CC(C)(C)NC(C)(C)C2)c1[N+](=O)[O-]. The first-order valence-corrected chi connectivity index (χ1v) is 8.85. The molecule has 1 saturated heterocycles. The summed E-state index contributed by atoms with van der Waals surface area (Å²) in [6.07, 6.45) is 3.93. The third kappa shape index (κ3) is 5.01. The molecule has 1 aromatic rings. The van der Waals surface area contributed by atoms with Gasteiger partial charge in [0.15, 0.2) is 0 Å². The minimum atomic E-state index is -0.412. The standard InChI is InChI=1S/C17H30N6O2/c1-7-11(2)20-14-13(23(24)25)15(19-10-18-14)21-12-8-16(3,4)22-17(5,6)9-12/h10-12,22H,7-9H2,1-6H3,(H2,18,19,20,21). The zero-order chi connectivity index (χ0) is 18.8. The average molecular weight is 350 g/mol. The van der Waals surface area contributed by atoms with Gasteiger partial charge in [-0.1, -0.05) is 6.92 Å². The maximum Gasteiger partial charge on any atom is 0.353 e. The van der Waals surface area contributed by atoms with Gasteiger partial charge >= 0.3 is 5.69 Å². The summed E-state index contributed by atoms with van der Waals surface area (Å²) in [7, 11) is 0. The molecule has 0 amide bonds. The predicted molar refractivity (Wildman–Crippen MR) is 100 cm³/mol. The van der Waals surface area contributed by atoms with Crippen LogP contribution in [0.25, 0.3) is 0 Å². The smallest absolute Gasteiger partial charge is 0.353 e. The topological polar surface area (TPSA) is 105 Å². The van der Waals surface area contributed by atoms with Crippen molar-refractivity contribution in [1.82, 2.24) is 15.3 Å². The van der Waals surface area contributed by atoms with E-state index in [1.807, 2.05) is 13.8 Å². The summed E-state index contributed by atoms with van der Waals surface area (Å²) >= 11 is 0. The van der Waals surface area contributed by atoms with E-state index in [-0.39, 0.29) is 40.5 Å². The number of nitrogens with one attached hydrogen (secondary N) is 3. The van der Waals surface area contributed by atoms with Crippen LogP contribution < -0.4 is 16.0 Å². The lowest BCUT2D eigenvalue weighted by molar-refractivity contribution is -0.383. The molecule has 3 N–H and O–H groups in total. The molecule has 1 aromatic heterocycles. The molecule has 0 aromatic carbocycles. The molecule has 2 rings (SSSR count). The molecule has 0 radical (unpaired) electrons. The number of nitro groups is 1. The summed E-state index contributed by atoms with van der Waals surface area (Å²) < 4.78 is 0. The van der Waals surface area contributed by atoms with E-state index in [0.717, 1.165) is 19.3 Å². The van der Waals surface area contributed by atoms with Crippen molar-refractivity contribution in [2.75, 3.05) is 10.6 Å². The van der Waals surface area contributed by atoms with E-state index in [1.165, 1.54) is 6.33 Å². The Balaban J connectivity index is 2.29. The minimum Gasteiger partial charge on any atom is -0.362 e. The third-order valence-corrected chi connectivity index (χ3v) is 4.53. The molecule has 1 aliphatic heterocycles. The molecule has 0 spiro atoms. The zero-order valence-electron chi connectivity index (χ0n) is 16.0. The van der Waals surface area contributed by atoms with Gasteiger partial charge in [0.2, 0.25) is 11.6 Å². The van der Waals surface area contributed by atoms with E-state index in [4.69, 9.17) is 0 Å². The molecular formula is C17H30N6O2.